The summed E-state index contributed by atoms with van der Waals surface area (Å²) in [4.78, 5) is 4.31. The molecule has 0 amide bonds. The third-order valence-electron chi connectivity index (χ3n) is 3.27. The molecule has 1 fully saturated rings. The number of aliphatic imine (C=N–C) groups is 1. The lowest BCUT2D eigenvalue weighted by molar-refractivity contribution is 0.616. The van der Waals surface area contributed by atoms with Crippen molar-refractivity contribution in [2.45, 2.75) is 18.3 Å². The van der Waals surface area contributed by atoms with E-state index in [0.717, 1.165) is 18.4 Å². The summed E-state index contributed by atoms with van der Waals surface area (Å²) in [5.41, 5.74) is 6.72. The smallest absolute Gasteiger partial charge is 0.188 e. The van der Waals surface area contributed by atoms with Crippen molar-refractivity contribution in [2.75, 3.05) is 13.1 Å². The molecule has 0 unspecified atom stereocenters. The Kier molecular flexibility index (Phi) is 3.65. The number of hydrogen-bond acceptors (Lipinski definition) is 1. The molecular formula is C14H18FN3. The van der Waals surface area contributed by atoms with Crippen LogP contribution in [-0.4, -0.2) is 19.0 Å². The zero-order valence-electron chi connectivity index (χ0n) is 10.3. The Morgan fingerprint density at radius 2 is 2.33 bits per heavy atom. The standard InChI is InChI=1S/C14H18FN3/c1-2-8-17-13(16)18-10-14(6-7-14)11-4-3-5-12(15)9-11/h2-5,9H,1,6-8,10H2,(H3,16,17,18). The summed E-state index contributed by atoms with van der Waals surface area (Å²) in [6.07, 6.45) is 3.80. The summed E-state index contributed by atoms with van der Waals surface area (Å²) in [5, 5.41) is 2.93. The number of nitrogens with two attached hydrogens (primary N) is 1. The normalized spacial score (nSPS) is 17.3. The third-order valence-corrected chi connectivity index (χ3v) is 3.27. The van der Waals surface area contributed by atoms with E-state index in [4.69, 9.17) is 5.73 Å². The molecule has 0 atom stereocenters. The highest BCUT2D eigenvalue weighted by Crippen LogP contribution is 2.48. The molecule has 1 saturated carbocycles. The molecule has 1 aliphatic rings. The fourth-order valence-corrected chi connectivity index (χ4v) is 1.98. The first-order valence-corrected chi connectivity index (χ1v) is 6.07. The van der Waals surface area contributed by atoms with Crippen LogP contribution in [0.4, 0.5) is 4.39 Å². The molecule has 0 aliphatic heterocycles. The van der Waals surface area contributed by atoms with Gasteiger partial charge >= 0.3 is 0 Å². The average Bonchev–Trinajstić information content (AvgIpc) is 3.15. The number of guanidine groups is 1. The van der Waals surface area contributed by atoms with Gasteiger partial charge in [-0.25, -0.2) is 4.39 Å². The van der Waals surface area contributed by atoms with Gasteiger partial charge in [-0.2, -0.15) is 0 Å². The highest BCUT2D eigenvalue weighted by atomic mass is 19.1. The Labute approximate surface area is 107 Å². The van der Waals surface area contributed by atoms with E-state index < -0.39 is 0 Å². The van der Waals surface area contributed by atoms with Crippen LogP contribution in [0, 0.1) is 5.82 Å². The van der Waals surface area contributed by atoms with E-state index in [1.165, 1.54) is 6.07 Å². The van der Waals surface area contributed by atoms with E-state index in [0.29, 0.717) is 19.0 Å². The van der Waals surface area contributed by atoms with Crippen LogP contribution < -0.4 is 11.1 Å². The van der Waals surface area contributed by atoms with Crippen LogP contribution in [0.3, 0.4) is 0 Å². The Morgan fingerprint density at radius 3 is 2.94 bits per heavy atom. The van der Waals surface area contributed by atoms with Crippen LogP contribution in [0.1, 0.15) is 18.4 Å². The number of nitrogens with zero attached hydrogens (tertiary/aromatic N) is 1. The maximum absolute atomic E-state index is 13.2. The maximum Gasteiger partial charge on any atom is 0.188 e. The minimum Gasteiger partial charge on any atom is -0.370 e. The van der Waals surface area contributed by atoms with Crippen molar-refractivity contribution in [1.29, 1.82) is 0 Å². The largest absolute Gasteiger partial charge is 0.370 e. The van der Waals surface area contributed by atoms with Gasteiger partial charge in [-0.1, -0.05) is 18.2 Å². The second-order valence-electron chi connectivity index (χ2n) is 4.66. The first-order valence-electron chi connectivity index (χ1n) is 6.07. The topological polar surface area (TPSA) is 50.4 Å². The van der Waals surface area contributed by atoms with Gasteiger partial charge in [0.1, 0.15) is 5.82 Å². The van der Waals surface area contributed by atoms with Gasteiger partial charge in [-0.3, -0.25) is 4.99 Å². The van der Waals surface area contributed by atoms with E-state index in [9.17, 15) is 4.39 Å². The van der Waals surface area contributed by atoms with Crippen molar-refractivity contribution in [3.8, 4) is 0 Å². The first-order chi connectivity index (χ1) is 8.66. The van der Waals surface area contributed by atoms with Gasteiger partial charge in [-0.15, -0.1) is 6.58 Å². The molecule has 3 nitrogen and oxygen atoms in total. The van der Waals surface area contributed by atoms with Crippen molar-refractivity contribution in [2.24, 2.45) is 10.7 Å². The van der Waals surface area contributed by atoms with Crippen molar-refractivity contribution >= 4 is 5.96 Å². The lowest BCUT2D eigenvalue weighted by Gasteiger charge is -2.13. The molecular weight excluding hydrogens is 229 g/mol. The Morgan fingerprint density at radius 1 is 1.56 bits per heavy atom. The van der Waals surface area contributed by atoms with E-state index in [1.807, 2.05) is 6.07 Å². The molecule has 0 saturated heterocycles. The van der Waals surface area contributed by atoms with Gasteiger partial charge in [0.15, 0.2) is 5.96 Å². The Hall–Kier alpha value is -1.84. The molecule has 2 rings (SSSR count). The predicted molar refractivity (Wildman–Crippen MR) is 72.0 cm³/mol. The molecule has 0 bridgehead atoms. The monoisotopic (exact) mass is 247 g/mol. The first kappa shape index (κ1) is 12.6. The van der Waals surface area contributed by atoms with Gasteiger partial charge < -0.3 is 11.1 Å². The molecule has 0 spiro atoms. The maximum atomic E-state index is 13.2. The zero-order valence-corrected chi connectivity index (χ0v) is 10.3. The van der Waals surface area contributed by atoms with Crippen LogP contribution in [0.5, 0.6) is 0 Å². The van der Waals surface area contributed by atoms with Crippen molar-refractivity contribution in [3.05, 3.63) is 48.3 Å². The van der Waals surface area contributed by atoms with Crippen LogP contribution in [-0.2, 0) is 5.41 Å². The third kappa shape index (κ3) is 2.88. The molecule has 0 aromatic heterocycles. The minimum absolute atomic E-state index is 0.0113. The predicted octanol–water partition coefficient (Wildman–Crippen LogP) is 1.95. The molecule has 0 heterocycles. The SMILES string of the molecule is C=CCNC(N)=NCC1(c2cccc(F)c2)CC1. The molecule has 18 heavy (non-hydrogen) atoms. The average molecular weight is 247 g/mol. The Balaban J connectivity index is 2.02. The fourth-order valence-electron chi connectivity index (χ4n) is 1.98. The summed E-state index contributed by atoms with van der Waals surface area (Å²) in [6.45, 7) is 4.80. The molecule has 0 radical (unpaired) electrons. The van der Waals surface area contributed by atoms with Gasteiger partial charge in [0, 0.05) is 12.0 Å². The van der Waals surface area contributed by atoms with Gasteiger partial charge in [0.2, 0.25) is 0 Å². The molecule has 1 aromatic rings. The van der Waals surface area contributed by atoms with Gasteiger partial charge in [-0.05, 0) is 30.5 Å². The van der Waals surface area contributed by atoms with E-state index in [2.05, 4.69) is 16.9 Å². The van der Waals surface area contributed by atoms with E-state index >= 15 is 0 Å². The number of hydrogen-bond donors (Lipinski definition) is 2. The summed E-state index contributed by atoms with van der Waals surface area (Å²) >= 11 is 0. The lowest BCUT2D eigenvalue weighted by Crippen LogP contribution is -2.32. The summed E-state index contributed by atoms with van der Waals surface area (Å²) in [7, 11) is 0. The van der Waals surface area contributed by atoms with Gasteiger partial charge in [0.25, 0.3) is 0 Å². The van der Waals surface area contributed by atoms with E-state index in [1.54, 1.807) is 18.2 Å². The van der Waals surface area contributed by atoms with Crippen LogP contribution in [0.25, 0.3) is 0 Å². The summed E-state index contributed by atoms with van der Waals surface area (Å²) < 4.78 is 13.2. The second kappa shape index (κ2) is 5.21. The highest BCUT2D eigenvalue weighted by molar-refractivity contribution is 5.78. The minimum atomic E-state index is -0.194. The van der Waals surface area contributed by atoms with Crippen molar-refractivity contribution in [3.63, 3.8) is 0 Å². The molecule has 96 valence electrons. The number of benzene rings is 1. The van der Waals surface area contributed by atoms with Crippen LogP contribution in [0.2, 0.25) is 0 Å². The highest BCUT2D eigenvalue weighted by Gasteiger charge is 2.44. The Bertz CT molecular complexity index is 464. The number of rotatable bonds is 5. The number of nitrogens with one attached hydrogen (secondary N) is 1. The van der Waals surface area contributed by atoms with Crippen LogP contribution >= 0.6 is 0 Å². The van der Waals surface area contributed by atoms with Crippen molar-refractivity contribution < 1.29 is 4.39 Å². The quantitative estimate of drug-likeness (QED) is 0.474. The lowest BCUT2D eigenvalue weighted by atomic mass is 9.96. The zero-order chi connectivity index (χ0) is 13.0. The summed E-state index contributed by atoms with van der Waals surface area (Å²) in [6, 6.07) is 6.76. The number of halogens is 1. The molecule has 3 N–H and O–H groups in total. The van der Waals surface area contributed by atoms with E-state index in [-0.39, 0.29) is 11.2 Å². The second-order valence-corrected chi connectivity index (χ2v) is 4.66. The molecule has 1 aliphatic carbocycles. The van der Waals surface area contributed by atoms with Gasteiger partial charge in [0.05, 0.1) is 6.54 Å². The fraction of sp³-hybridized carbons (Fsp3) is 0.357. The summed E-state index contributed by atoms with van der Waals surface area (Å²) in [5.74, 6) is 0.220. The molecule has 4 heteroatoms. The van der Waals surface area contributed by atoms with Crippen molar-refractivity contribution in [1.82, 2.24) is 5.32 Å². The van der Waals surface area contributed by atoms with Crippen LogP contribution in [0.15, 0.2) is 41.9 Å². The molecule has 1 aromatic carbocycles.